The van der Waals surface area contributed by atoms with Gasteiger partial charge in [0.1, 0.15) is 5.75 Å². The Bertz CT molecular complexity index is 560. The molecule has 0 radical (unpaired) electrons. The SMILES string of the molecule is CC1C[C@H](c2cc(C(C)(C)C)c(O)c(C(C)(C)C)c2)CC(C)(C)C1. The number of rotatable bonds is 1. The van der Waals surface area contributed by atoms with Gasteiger partial charge in [0.15, 0.2) is 0 Å². The summed E-state index contributed by atoms with van der Waals surface area (Å²) in [6, 6.07) is 4.59. The molecule has 0 saturated heterocycles. The van der Waals surface area contributed by atoms with Crippen molar-refractivity contribution in [3.8, 4) is 5.75 Å². The summed E-state index contributed by atoms with van der Waals surface area (Å²) in [6.45, 7) is 20.4. The summed E-state index contributed by atoms with van der Waals surface area (Å²) in [5.74, 6) is 1.87. The molecule has 0 heterocycles. The number of hydrogen-bond donors (Lipinski definition) is 1. The molecule has 1 aromatic rings. The molecule has 2 atom stereocenters. The maximum absolute atomic E-state index is 10.9. The van der Waals surface area contributed by atoms with Gasteiger partial charge in [-0.25, -0.2) is 0 Å². The van der Waals surface area contributed by atoms with Crippen molar-refractivity contribution in [1.82, 2.24) is 0 Å². The first-order valence-electron chi connectivity index (χ1n) is 9.58. The molecule has 1 aromatic carbocycles. The summed E-state index contributed by atoms with van der Waals surface area (Å²) in [4.78, 5) is 0. The minimum atomic E-state index is -0.0457. The summed E-state index contributed by atoms with van der Waals surface area (Å²) in [7, 11) is 0. The van der Waals surface area contributed by atoms with Crippen molar-refractivity contribution in [2.24, 2.45) is 11.3 Å². The van der Waals surface area contributed by atoms with Crippen molar-refractivity contribution >= 4 is 0 Å². The van der Waals surface area contributed by atoms with Crippen LogP contribution in [0.4, 0.5) is 0 Å². The number of phenolic OH excluding ortho intramolecular Hbond substituents is 1. The molecule has 0 spiro atoms. The number of aromatic hydroxyl groups is 1. The van der Waals surface area contributed by atoms with Crippen LogP contribution >= 0.6 is 0 Å². The van der Waals surface area contributed by atoms with Crippen LogP contribution in [-0.2, 0) is 10.8 Å². The third-order valence-corrected chi connectivity index (χ3v) is 5.61. The molecule has 1 N–H and O–H groups in total. The van der Waals surface area contributed by atoms with Crippen LogP contribution in [0.5, 0.6) is 5.75 Å². The zero-order valence-corrected chi connectivity index (χ0v) is 17.4. The summed E-state index contributed by atoms with van der Waals surface area (Å²) in [5, 5.41) is 10.9. The Labute approximate surface area is 149 Å². The highest BCUT2D eigenvalue weighted by atomic mass is 16.3. The number of hydrogen-bond acceptors (Lipinski definition) is 1. The highest BCUT2D eigenvalue weighted by molar-refractivity contribution is 5.50. The first-order chi connectivity index (χ1) is 10.7. The molecule has 1 heteroatoms. The molecule has 1 nitrogen and oxygen atoms in total. The summed E-state index contributed by atoms with van der Waals surface area (Å²) < 4.78 is 0. The van der Waals surface area contributed by atoms with Crippen LogP contribution in [0.2, 0.25) is 0 Å². The second-order valence-electron chi connectivity index (χ2n) is 11.1. The van der Waals surface area contributed by atoms with E-state index in [9.17, 15) is 5.11 Å². The highest BCUT2D eigenvalue weighted by Crippen LogP contribution is 2.48. The monoisotopic (exact) mass is 330 g/mol. The fourth-order valence-electron chi connectivity index (χ4n) is 4.64. The molecule has 1 aliphatic carbocycles. The van der Waals surface area contributed by atoms with E-state index in [2.05, 4.69) is 74.4 Å². The average molecular weight is 331 g/mol. The standard InChI is InChI=1S/C23H38O/c1-15-10-17(14-23(8,9)13-15)16-11-18(21(2,3)4)20(24)19(12-16)22(5,6)7/h11-12,15,17,24H,10,13-14H2,1-9H3/t15?,17-/m0/s1. The van der Waals surface area contributed by atoms with Crippen molar-refractivity contribution in [3.05, 3.63) is 28.8 Å². The van der Waals surface area contributed by atoms with Crippen molar-refractivity contribution in [3.63, 3.8) is 0 Å². The van der Waals surface area contributed by atoms with Crippen molar-refractivity contribution in [2.45, 2.75) is 98.3 Å². The molecule has 24 heavy (non-hydrogen) atoms. The van der Waals surface area contributed by atoms with Crippen LogP contribution in [-0.4, -0.2) is 5.11 Å². The Morgan fingerprint density at radius 3 is 1.75 bits per heavy atom. The van der Waals surface area contributed by atoms with Crippen LogP contribution in [0.25, 0.3) is 0 Å². The van der Waals surface area contributed by atoms with E-state index in [0.29, 0.717) is 17.1 Å². The van der Waals surface area contributed by atoms with E-state index < -0.39 is 0 Å². The summed E-state index contributed by atoms with van der Waals surface area (Å²) in [5.41, 5.74) is 3.94. The summed E-state index contributed by atoms with van der Waals surface area (Å²) in [6.07, 6.45) is 3.83. The largest absolute Gasteiger partial charge is 0.507 e. The lowest BCUT2D eigenvalue weighted by Crippen LogP contribution is -2.27. The van der Waals surface area contributed by atoms with E-state index in [1.807, 2.05) is 0 Å². The molecule has 0 aliphatic heterocycles. The lowest BCUT2D eigenvalue weighted by atomic mass is 9.65. The van der Waals surface area contributed by atoms with Crippen molar-refractivity contribution < 1.29 is 5.11 Å². The van der Waals surface area contributed by atoms with E-state index in [0.717, 1.165) is 17.0 Å². The van der Waals surface area contributed by atoms with Gasteiger partial charge in [0, 0.05) is 0 Å². The molecule has 1 aliphatic rings. The normalized spacial score (nSPS) is 24.9. The van der Waals surface area contributed by atoms with Crippen LogP contribution in [0.1, 0.15) is 104 Å². The van der Waals surface area contributed by atoms with Gasteiger partial charge in [-0.1, -0.05) is 74.4 Å². The van der Waals surface area contributed by atoms with E-state index in [4.69, 9.17) is 0 Å². The Balaban J connectivity index is 2.58. The van der Waals surface area contributed by atoms with Gasteiger partial charge in [-0.3, -0.25) is 0 Å². The first-order valence-corrected chi connectivity index (χ1v) is 9.58. The van der Waals surface area contributed by atoms with Crippen molar-refractivity contribution in [1.29, 1.82) is 0 Å². The predicted octanol–water partition coefficient (Wildman–Crippen LogP) is 6.92. The van der Waals surface area contributed by atoms with Gasteiger partial charge in [-0.2, -0.15) is 0 Å². The van der Waals surface area contributed by atoms with Crippen molar-refractivity contribution in [2.75, 3.05) is 0 Å². The molecule has 0 amide bonds. The zero-order valence-electron chi connectivity index (χ0n) is 17.4. The molecule has 136 valence electrons. The van der Waals surface area contributed by atoms with Crippen LogP contribution in [0.3, 0.4) is 0 Å². The van der Waals surface area contributed by atoms with Gasteiger partial charge in [-0.05, 0) is 64.0 Å². The lowest BCUT2D eigenvalue weighted by molar-refractivity contribution is 0.168. The number of phenols is 1. The number of benzene rings is 1. The minimum Gasteiger partial charge on any atom is -0.507 e. The van der Waals surface area contributed by atoms with Gasteiger partial charge in [0.05, 0.1) is 0 Å². The predicted molar refractivity (Wildman–Crippen MR) is 105 cm³/mol. The Kier molecular flexibility index (Phi) is 4.90. The fourth-order valence-corrected chi connectivity index (χ4v) is 4.64. The average Bonchev–Trinajstić information content (AvgIpc) is 2.33. The molecule has 0 bridgehead atoms. The second-order valence-corrected chi connectivity index (χ2v) is 11.1. The molecule has 1 saturated carbocycles. The van der Waals surface area contributed by atoms with E-state index in [1.54, 1.807) is 0 Å². The zero-order chi connectivity index (χ0) is 18.5. The Hall–Kier alpha value is -0.980. The fraction of sp³-hybridized carbons (Fsp3) is 0.739. The third kappa shape index (κ3) is 4.16. The lowest BCUT2D eigenvalue weighted by Gasteiger charge is -2.40. The third-order valence-electron chi connectivity index (χ3n) is 5.61. The smallest absolute Gasteiger partial charge is 0.123 e. The van der Waals surface area contributed by atoms with Crippen LogP contribution < -0.4 is 0 Å². The molecular weight excluding hydrogens is 292 g/mol. The second kappa shape index (κ2) is 6.07. The molecule has 0 aromatic heterocycles. The van der Waals surface area contributed by atoms with Gasteiger partial charge >= 0.3 is 0 Å². The maximum atomic E-state index is 10.9. The highest BCUT2D eigenvalue weighted by Gasteiger charge is 2.34. The molecule has 1 unspecified atom stereocenters. The molecular formula is C23H38O. The van der Waals surface area contributed by atoms with Crippen LogP contribution in [0.15, 0.2) is 12.1 Å². The van der Waals surface area contributed by atoms with Gasteiger partial charge in [-0.15, -0.1) is 0 Å². The Morgan fingerprint density at radius 2 is 1.38 bits per heavy atom. The van der Waals surface area contributed by atoms with Crippen LogP contribution in [0, 0.1) is 11.3 Å². The van der Waals surface area contributed by atoms with Gasteiger partial charge < -0.3 is 5.11 Å². The maximum Gasteiger partial charge on any atom is 0.123 e. The van der Waals surface area contributed by atoms with E-state index in [1.165, 1.54) is 24.8 Å². The first kappa shape index (κ1) is 19.3. The molecule has 2 rings (SSSR count). The van der Waals surface area contributed by atoms with Gasteiger partial charge in [0.2, 0.25) is 0 Å². The summed E-state index contributed by atoms with van der Waals surface area (Å²) >= 11 is 0. The minimum absolute atomic E-state index is 0.0457. The van der Waals surface area contributed by atoms with Gasteiger partial charge in [0.25, 0.3) is 0 Å². The van der Waals surface area contributed by atoms with E-state index in [-0.39, 0.29) is 10.8 Å². The van der Waals surface area contributed by atoms with E-state index >= 15 is 0 Å². The quantitative estimate of drug-likeness (QED) is 0.592. The topological polar surface area (TPSA) is 20.2 Å². The molecule has 1 fully saturated rings. The Morgan fingerprint density at radius 1 is 0.917 bits per heavy atom.